The molecule has 1 N–H and O–H groups in total. The number of aliphatic hydroxyl groups is 1. The van der Waals surface area contributed by atoms with Crippen LogP contribution in [-0.2, 0) is 0 Å². The molecule has 1 unspecified atom stereocenters. The largest absolute Gasteiger partial charge is 0.493 e. The lowest BCUT2D eigenvalue weighted by atomic mass is 10.1. The summed E-state index contributed by atoms with van der Waals surface area (Å²) in [5, 5.41) is 10.3. The van der Waals surface area contributed by atoms with E-state index in [0.29, 0.717) is 17.5 Å². The molecule has 0 aromatic heterocycles. The van der Waals surface area contributed by atoms with Crippen LogP contribution in [0.15, 0.2) is 18.2 Å². The maximum absolute atomic E-state index is 9.66. The maximum Gasteiger partial charge on any atom is 0.125 e. The van der Waals surface area contributed by atoms with E-state index in [-0.39, 0.29) is 0 Å². The van der Waals surface area contributed by atoms with E-state index in [4.69, 9.17) is 16.3 Å². The van der Waals surface area contributed by atoms with Crippen LogP contribution in [0.1, 0.15) is 45.3 Å². The summed E-state index contributed by atoms with van der Waals surface area (Å²) in [6, 6.07) is 5.36. The molecule has 0 aliphatic carbocycles. The molecule has 2 atom stereocenters. The van der Waals surface area contributed by atoms with Gasteiger partial charge in [-0.1, -0.05) is 31.9 Å². The minimum atomic E-state index is -0.565. The molecule has 3 heteroatoms. The molecule has 1 aromatic carbocycles. The molecule has 0 bridgehead atoms. The zero-order valence-corrected chi connectivity index (χ0v) is 11.5. The molecule has 1 aromatic rings. The van der Waals surface area contributed by atoms with Gasteiger partial charge in [-0.15, -0.1) is 0 Å². The minimum Gasteiger partial charge on any atom is -0.493 e. The fraction of sp³-hybridized carbons (Fsp3) is 0.571. The number of hydrogen-bond acceptors (Lipinski definition) is 2. The lowest BCUT2D eigenvalue weighted by Gasteiger charge is -2.16. The molecule has 0 aliphatic heterocycles. The second kappa shape index (κ2) is 6.87. The van der Waals surface area contributed by atoms with Crippen molar-refractivity contribution in [1.29, 1.82) is 0 Å². The molecule has 96 valence electrons. The number of rotatable bonds is 6. The molecule has 0 saturated carbocycles. The Morgan fingerprint density at radius 2 is 2.06 bits per heavy atom. The maximum atomic E-state index is 9.66. The summed E-state index contributed by atoms with van der Waals surface area (Å²) in [4.78, 5) is 0. The second-order valence-electron chi connectivity index (χ2n) is 4.56. The third kappa shape index (κ3) is 4.57. The van der Waals surface area contributed by atoms with Crippen molar-refractivity contribution >= 4 is 11.6 Å². The molecular weight excluding hydrogens is 236 g/mol. The average Bonchev–Trinajstić information content (AvgIpc) is 2.27. The van der Waals surface area contributed by atoms with Crippen molar-refractivity contribution in [2.24, 2.45) is 5.92 Å². The van der Waals surface area contributed by atoms with Crippen molar-refractivity contribution < 1.29 is 9.84 Å². The zero-order valence-electron chi connectivity index (χ0n) is 10.7. The van der Waals surface area contributed by atoms with Crippen molar-refractivity contribution in [3.63, 3.8) is 0 Å². The van der Waals surface area contributed by atoms with Crippen molar-refractivity contribution in [3.8, 4) is 5.75 Å². The lowest BCUT2D eigenvalue weighted by molar-refractivity contribution is 0.186. The number of ether oxygens (including phenoxy) is 1. The Morgan fingerprint density at radius 1 is 1.35 bits per heavy atom. The van der Waals surface area contributed by atoms with Crippen molar-refractivity contribution in [3.05, 3.63) is 28.8 Å². The monoisotopic (exact) mass is 256 g/mol. The lowest BCUT2D eigenvalue weighted by Crippen LogP contribution is -2.10. The third-order valence-electron chi connectivity index (χ3n) is 2.73. The Kier molecular flexibility index (Phi) is 5.79. The first-order valence-corrected chi connectivity index (χ1v) is 6.52. The molecule has 1 rings (SSSR count). The first kappa shape index (κ1) is 14.3. The highest BCUT2D eigenvalue weighted by Gasteiger charge is 2.11. The Bertz CT molecular complexity index is 350. The highest BCUT2D eigenvalue weighted by Crippen LogP contribution is 2.28. The summed E-state index contributed by atoms with van der Waals surface area (Å²) < 4.78 is 5.75. The van der Waals surface area contributed by atoms with Gasteiger partial charge < -0.3 is 9.84 Å². The van der Waals surface area contributed by atoms with E-state index in [2.05, 4.69) is 13.8 Å². The average molecular weight is 257 g/mol. The normalized spacial score (nSPS) is 14.4. The van der Waals surface area contributed by atoms with Crippen LogP contribution in [0.2, 0.25) is 5.02 Å². The first-order valence-electron chi connectivity index (χ1n) is 6.14. The van der Waals surface area contributed by atoms with Gasteiger partial charge in [-0.3, -0.25) is 0 Å². The zero-order chi connectivity index (χ0) is 12.8. The van der Waals surface area contributed by atoms with Crippen LogP contribution < -0.4 is 4.74 Å². The first-order chi connectivity index (χ1) is 8.04. The third-order valence-corrected chi connectivity index (χ3v) is 2.96. The van der Waals surface area contributed by atoms with Gasteiger partial charge in [-0.25, -0.2) is 0 Å². The number of benzene rings is 1. The topological polar surface area (TPSA) is 29.5 Å². The van der Waals surface area contributed by atoms with Crippen LogP contribution in [0, 0.1) is 5.92 Å². The van der Waals surface area contributed by atoms with Gasteiger partial charge in [0.15, 0.2) is 0 Å². The smallest absolute Gasteiger partial charge is 0.125 e. The van der Waals surface area contributed by atoms with Gasteiger partial charge in [0.1, 0.15) is 5.75 Å². The fourth-order valence-electron chi connectivity index (χ4n) is 1.79. The van der Waals surface area contributed by atoms with Crippen LogP contribution in [0.3, 0.4) is 0 Å². The van der Waals surface area contributed by atoms with Crippen molar-refractivity contribution in [1.82, 2.24) is 0 Å². The molecule has 0 aliphatic rings. The summed E-state index contributed by atoms with van der Waals surface area (Å²) in [7, 11) is 0. The van der Waals surface area contributed by atoms with E-state index in [1.807, 2.05) is 6.07 Å². The minimum absolute atomic E-state index is 0.525. The molecular formula is C14H21ClO2. The van der Waals surface area contributed by atoms with E-state index in [9.17, 15) is 5.11 Å². The summed E-state index contributed by atoms with van der Waals surface area (Å²) in [5.41, 5.74) is 0.751. The molecule has 0 amide bonds. The molecule has 0 radical (unpaired) electrons. The van der Waals surface area contributed by atoms with Gasteiger partial charge in [0, 0.05) is 10.6 Å². The van der Waals surface area contributed by atoms with E-state index >= 15 is 0 Å². The second-order valence-corrected chi connectivity index (χ2v) is 5.00. The van der Waals surface area contributed by atoms with Gasteiger partial charge in [0.05, 0.1) is 12.7 Å². The Morgan fingerprint density at radius 3 is 2.65 bits per heavy atom. The summed E-state index contributed by atoms with van der Waals surface area (Å²) in [6.45, 7) is 6.73. The summed E-state index contributed by atoms with van der Waals surface area (Å²) >= 11 is 5.91. The van der Waals surface area contributed by atoms with Gasteiger partial charge in [-0.2, -0.15) is 0 Å². The van der Waals surface area contributed by atoms with E-state index in [0.717, 1.165) is 24.2 Å². The Balaban J connectivity index is 2.70. The molecule has 0 heterocycles. The van der Waals surface area contributed by atoms with Crippen LogP contribution >= 0.6 is 11.6 Å². The standard InChI is InChI=1S/C14H21ClO2/c1-4-5-10(2)9-17-14-7-6-12(15)8-13(14)11(3)16/h6-8,10-11,16H,4-5,9H2,1-3H3/t10?,11-/m1/s1. The van der Waals surface area contributed by atoms with Crippen LogP contribution in [0.25, 0.3) is 0 Å². The van der Waals surface area contributed by atoms with Gasteiger partial charge in [0.25, 0.3) is 0 Å². The predicted molar refractivity (Wildman–Crippen MR) is 71.7 cm³/mol. The summed E-state index contributed by atoms with van der Waals surface area (Å²) in [5.74, 6) is 1.25. The van der Waals surface area contributed by atoms with Crippen LogP contribution in [-0.4, -0.2) is 11.7 Å². The van der Waals surface area contributed by atoms with Crippen LogP contribution in [0.4, 0.5) is 0 Å². The number of halogens is 1. The van der Waals surface area contributed by atoms with Gasteiger partial charge in [0.2, 0.25) is 0 Å². The van der Waals surface area contributed by atoms with E-state index in [1.54, 1.807) is 19.1 Å². The predicted octanol–water partition coefficient (Wildman–Crippen LogP) is 4.21. The SMILES string of the molecule is CCCC(C)COc1ccc(Cl)cc1[C@@H](C)O. The number of hydrogen-bond donors (Lipinski definition) is 1. The molecule has 0 saturated heterocycles. The number of aliphatic hydroxyl groups excluding tert-OH is 1. The van der Waals surface area contributed by atoms with Gasteiger partial charge >= 0.3 is 0 Å². The quantitative estimate of drug-likeness (QED) is 0.826. The van der Waals surface area contributed by atoms with E-state index in [1.165, 1.54) is 0 Å². The molecule has 0 spiro atoms. The fourth-order valence-corrected chi connectivity index (χ4v) is 1.97. The Hall–Kier alpha value is -0.730. The van der Waals surface area contributed by atoms with Crippen molar-refractivity contribution in [2.75, 3.05) is 6.61 Å². The molecule has 17 heavy (non-hydrogen) atoms. The highest BCUT2D eigenvalue weighted by molar-refractivity contribution is 6.30. The molecule has 2 nitrogen and oxygen atoms in total. The van der Waals surface area contributed by atoms with Crippen LogP contribution in [0.5, 0.6) is 5.75 Å². The highest BCUT2D eigenvalue weighted by atomic mass is 35.5. The van der Waals surface area contributed by atoms with Gasteiger partial charge in [-0.05, 0) is 37.5 Å². The summed E-state index contributed by atoms with van der Waals surface area (Å²) in [6.07, 6.45) is 1.75. The Labute approximate surface area is 109 Å². The van der Waals surface area contributed by atoms with Crippen molar-refractivity contribution in [2.45, 2.75) is 39.7 Å². The molecule has 0 fully saturated rings. The van der Waals surface area contributed by atoms with E-state index < -0.39 is 6.10 Å².